The zero-order valence-corrected chi connectivity index (χ0v) is 11.0. The van der Waals surface area contributed by atoms with Crippen LogP contribution in [0, 0.1) is 20.8 Å². The second kappa shape index (κ2) is 5.08. The molecule has 94 valence electrons. The number of aryl methyl sites for hydroxylation is 1. The number of anilines is 1. The van der Waals surface area contributed by atoms with E-state index in [1.807, 2.05) is 39.0 Å². The minimum absolute atomic E-state index is 0.290. The average molecular weight is 242 g/mol. The molecular formula is C15H18N2O. The van der Waals surface area contributed by atoms with Crippen LogP contribution in [0.4, 0.5) is 5.82 Å². The average Bonchev–Trinajstić information content (AvgIpc) is 2.40. The van der Waals surface area contributed by atoms with Gasteiger partial charge < -0.3 is 10.4 Å². The molecule has 0 spiro atoms. The number of hydrogen-bond donors (Lipinski definition) is 2. The first kappa shape index (κ1) is 12.4. The summed E-state index contributed by atoms with van der Waals surface area (Å²) in [4.78, 5) is 4.39. The van der Waals surface area contributed by atoms with Gasteiger partial charge in [0.05, 0.1) is 5.69 Å². The van der Waals surface area contributed by atoms with Crippen molar-refractivity contribution in [3.05, 3.63) is 52.7 Å². The molecule has 2 rings (SSSR count). The van der Waals surface area contributed by atoms with Crippen LogP contribution in [0.15, 0.2) is 30.3 Å². The highest BCUT2D eigenvalue weighted by Gasteiger charge is 2.10. The lowest BCUT2D eigenvalue weighted by molar-refractivity contribution is 0.463. The normalized spacial score (nSPS) is 10.4. The van der Waals surface area contributed by atoms with Crippen molar-refractivity contribution < 1.29 is 5.11 Å². The molecule has 0 aliphatic carbocycles. The molecule has 1 heterocycles. The van der Waals surface area contributed by atoms with Crippen molar-refractivity contribution in [2.75, 3.05) is 5.32 Å². The zero-order valence-electron chi connectivity index (χ0n) is 11.0. The Hall–Kier alpha value is -2.03. The summed E-state index contributed by atoms with van der Waals surface area (Å²) in [7, 11) is 0. The van der Waals surface area contributed by atoms with Gasteiger partial charge in [0.1, 0.15) is 11.6 Å². The minimum atomic E-state index is 0.290. The van der Waals surface area contributed by atoms with Crippen LogP contribution in [0.25, 0.3) is 0 Å². The Bertz CT molecular complexity index is 550. The molecule has 1 aromatic heterocycles. The third-order valence-electron chi connectivity index (χ3n) is 3.20. The summed E-state index contributed by atoms with van der Waals surface area (Å²) in [6.45, 7) is 6.43. The van der Waals surface area contributed by atoms with Gasteiger partial charge in [-0.25, -0.2) is 4.98 Å². The van der Waals surface area contributed by atoms with Crippen molar-refractivity contribution in [3.63, 3.8) is 0 Å². The van der Waals surface area contributed by atoms with E-state index < -0.39 is 0 Å². The quantitative estimate of drug-likeness (QED) is 0.867. The van der Waals surface area contributed by atoms with Crippen molar-refractivity contribution in [2.45, 2.75) is 27.3 Å². The molecular weight excluding hydrogens is 224 g/mol. The maximum Gasteiger partial charge on any atom is 0.140 e. The van der Waals surface area contributed by atoms with E-state index in [2.05, 4.69) is 22.4 Å². The molecule has 0 fully saturated rings. The fraction of sp³-hybridized carbons (Fsp3) is 0.267. The van der Waals surface area contributed by atoms with Gasteiger partial charge in [-0.2, -0.15) is 0 Å². The molecule has 0 aliphatic rings. The highest BCUT2D eigenvalue weighted by molar-refractivity contribution is 5.54. The van der Waals surface area contributed by atoms with Crippen molar-refractivity contribution in [2.24, 2.45) is 0 Å². The molecule has 3 heteroatoms. The Kier molecular flexibility index (Phi) is 3.51. The summed E-state index contributed by atoms with van der Waals surface area (Å²) in [5.41, 5.74) is 3.75. The molecule has 0 aliphatic heterocycles. The van der Waals surface area contributed by atoms with Gasteiger partial charge in [0.2, 0.25) is 0 Å². The van der Waals surface area contributed by atoms with Crippen LogP contribution < -0.4 is 5.32 Å². The van der Waals surface area contributed by atoms with E-state index in [0.29, 0.717) is 5.69 Å². The summed E-state index contributed by atoms with van der Waals surface area (Å²) in [6, 6.07) is 10.2. The third-order valence-corrected chi connectivity index (χ3v) is 3.20. The van der Waals surface area contributed by atoms with Gasteiger partial charge in [0.25, 0.3) is 0 Å². The van der Waals surface area contributed by atoms with Crippen LogP contribution >= 0.6 is 0 Å². The Morgan fingerprint density at radius 1 is 1.06 bits per heavy atom. The van der Waals surface area contributed by atoms with Crippen LogP contribution in [0.3, 0.4) is 0 Å². The van der Waals surface area contributed by atoms with Gasteiger partial charge in [0.15, 0.2) is 0 Å². The molecule has 0 saturated carbocycles. The summed E-state index contributed by atoms with van der Waals surface area (Å²) in [5, 5.41) is 13.1. The molecule has 2 aromatic rings. The van der Waals surface area contributed by atoms with Crippen LogP contribution in [0.2, 0.25) is 0 Å². The lowest BCUT2D eigenvalue weighted by Gasteiger charge is -2.13. The van der Waals surface area contributed by atoms with E-state index in [-0.39, 0.29) is 5.75 Å². The number of rotatable bonds is 3. The van der Waals surface area contributed by atoms with E-state index in [1.54, 1.807) is 0 Å². The highest BCUT2D eigenvalue weighted by atomic mass is 16.3. The fourth-order valence-corrected chi connectivity index (χ4v) is 1.88. The first-order valence-electron chi connectivity index (χ1n) is 6.04. The fourth-order valence-electron chi connectivity index (χ4n) is 1.88. The second-order valence-corrected chi connectivity index (χ2v) is 4.48. The maximum atomic E-state index is 9.81. The number of aromatic hydroxyl groups is 1. The summed E-state index contributed by atoms with van der Waals surface area (Å²) >= 11 is 0. The molecule has 1 aromatic carbocycles. The van der Waals surface area contributed by atoms with Gasteiger partial charge >= 0.3 is 0 Å². The summed E-state index contributed by atoms with van der Waals surface area (Å²) in [6.07, 6.45) is 0. The number of benzene rings is 1. The number of pyridine rings is 1. The molecule has 3 nitrogen and oxygen atoms in total. The lowest BCUT2D eigenvalue weighted by atomic mass is 10.1. The molecule has 0 atom stereocenters. The van der Waals surface area contributed by atoms with E-state index in [4.69, 9.17) is 0 Å². The minimum Gasteiger partial charge on any atom is -0.506 e. The molecule has 0 bridgehead atoms. The van der Waals surface area contributed by atoms with Crippen molar-refractivity contribution in [3.8, 4) is 5.75 Å². The van der Waals surface area contributed by atoms with Crippen molar-refractivity contribution >= 4 is 5.82 Å². The van der Waals surface area contributed by atoms with Gasteiger partial charge in [-0.05, 0) is 37.5 Å². The molecule has 0 unspecified atom stereocenters. The molecule has 2 N–H and O–H groups in total. The number of aromatic nitrogens is 1. The van der Waals surface area contributed by atoms with Crippen LogP contribution in [0.1, 0.15) is 22.4 Å². The Morgan fingerprint density at radius 2 is 1.72 bits per heavy atom. The van der Waals surface area contributed by atoms with Gasteiger partial charge in [-0.3, -0.25) is 0 Å². The van der Waals surface area contributed by atoms with Gasteiger partial charge in [-0.15, -0.1) is 0 Å². The second-order valence-electron chi connectivity index (χ2n) is 4.48. The Balaban J connectivity index is 2.20. The highest BCUT2D eigenvalue weighted by Crippen LogP contribution is 2.27. The summed E-state index contributed by atoms with van der Waals surface area (Å²) in [5.74, 6) is 1.13. The molecule has 18 heavy (non-hydrogen) atoms. The van der Waals surface area contributed by atoms with Crippen molar-refractivity contribution in [1.82, 2.24) is 4.98 Å². The van der Waals surface area contributed by atoms with E-state index in [9.17, 15) is 5.11 Å². The van der Waals surface area contributed by atoms with Gasteiger partial charge in [-0.1, -0.05) is 30.3 Å². The number of hydrogen-bond acceptors (Lipinski definition) is 3. The Morgan fingerprint density at radius 3 is 2.39 bits per heavy atom. The largest absolute Gasteiger partial charge is 0.506 e. The van der Waals surface area contributed by atoms with Crippen LogP contribution in [-0.2, 0) is 6.54 Å². The van der Waals surface area contributed by atoms with Crippen LogP contribution in [-0.4, -0.2) is 10.1 Å². The number of nitrogens with one attached hydrogen (secondary N) is 1. The molecule has 0 radical (unpaired) electrons. The number of nitrogens with zero attached hydrogens (tertiary/aromatic N) is 1. The zero-order chi connectivity index (χ0) is 13.1. The van der Waals surface area contributed by atoms with E-state index >= 15 is 0 Å². The summed E-state index contributed by atoms with van der Waals surface area (Å²) < 4.78 is 0. The monoisotopic (exact) mass is 242 g/mol. The van der Waals surface area contributed by atoms with Gasteiger partial charge in [0, 0.05) is 6.54 Å². The van der Waals surface area contributed by atoms with E-state index in [1.165, 1.54) is 5.56 Å². The molecule has 0 amide bonds. The Labute approximate surface area is 108 Å². The maximum absolute atomic E-state index is 9.81. The standard InChI is InChI=1S/C15H18N2O/c1-10-11(2)15(17-12(3)14(10)18)16-9-13-7-5-4-6-8-13/h4-8,18H,9H2,1-3H3,(H,16,17). The topological polar surface area (TPSA) is 45.2 Å². The lowest BCUT2D eigenvalue weighted by Crippen LogP contribution is -2.05. The van der Waals surface area contributed by atoms with Crippen LogP contribution in [0.5, 0.6) is 5.75 Å². The molecule has 0 saturated heterocycles. The smallest absolute Gasteiger partial charge is 0.140 e. The van der Waals surface area contributed by atoms with E-state index in [0.717, 1.165) is 23.5 Å². The first-order valence-corrected chi connectivity index (χ1v) is 6.04. The van der Waals surface area contributed by atoms with Crippen molar-refractivity contribution in [1.29, 1.82) is 0 Å². The predicted octanol–water partition coefficient (Wildman–Crippen LogP) is 3.32. The predicted molar refractivity (Wildman–Crippen MR) is 73.9 cm³/mol. The SMILES string of the molecule is Cc1nc(NCc2ccccc2)c(C)c(C)c1O. The third kappa shape index (κ3) is 2.45. The first-order chi connectivity index (χ1) is 8.59.